The lowest BCUT2D eigenvalue weighted by Crippen LogP contribution is -2.65. The number of aliphatic hydroxyl groups excluding tert-OH is 2. The predicted octanol–water partition coefficient (Wildman–Crippen LogP) is 2.39. The molecule has 0 heterocycles. The van der Waals surface area contributed by atoms with E-state index in [0.29, 0.717) is 29.3 Å². The summed E-state index contributed by atoms with van der Waals surface area (Å²) in [5.74, 6) is -5.80. The first kappa shape index (κ1) is 31.2. The minimum Gasteiger partial charge on any atom is -0.508 e. The Kier molecular flexibility index (Phi) is 8.08. The number of benzene rings is 2. The molecule has 1 fully saturated rings. The number of amides is 1. The van der Waals surface area contributed by atoms with Gasteiger partial charge in [-0.1, -0.05) is 26.0 Å². The zero-order valence-electron chi connectivity index (χ0n) is 25.5. The van der Waals surface area contributed by atoms with Gasteiger partial charge in [-0.3, -0.25) is 19.3 Å². The first-order chi connectivity index (χ1) is 20.7. The van der Waals surface area contributed by atoms with Crippen molar-refractivity contribution in [2.45, 2.75) is 44.9 Å². The van der Waals surface area contributed by atoms with E-state index in [-0.39, 0.29) is 29.7 Å². The molecule has 44 heavy (non-hydrogen) atoms. The maximum Gasteiger partial charge on any atom is 0.255 e. The summed E-state index contributed by atoms with van der Waals surface area (Å²) in [4.78, 5) is 41.1. The standard InChI is InChI=1S/C33H39N3O8/c1-15(2)13-35-14-16-6-9-23(44-5)19(10-16)18-7-8-22(37)25-20(18)11-17-12-21-27(36(3)4)29(39)26(32(34)42)31(41)33(21,43)30(40)24(17)28(25)38/h6-10,15,17,21,27,35,37-38,41,43H,11-14H2,1-5H3,(H2,34,42)/t17-,21-,27-,33-/m1/s1. The van der Waals surface area contributed by atoms with Crippen LogP contribution in [-0.4, -0.2) is 82.2 Å². The second kappa shape index (κ2) is 11.4. The van der Waals surface area contributed by atoms with Crippen molar-refractivity contribution in [1.29, 1.82) is 0 Å². The summed E-state index contributed by atoms with van der Waals surface area (Å²) >= 11 is 0. The number of nitrogens with one attached hydrogen (secondary N) is 1. The SMILES string of the molecule is COc1ccc(CNCC(C)C)cc1-c1ccc(O)c2c1C[C@@H]1C[C@@H]3[C@@H](N(C)C)C(=O)C(C(N)=O)=C(O)[C@]3(O)C(=O)C1=C2O. The van der Waals surface area contributed by atoms with Crippen molar-refractivity contribution in [2.75, 3.05) is 27.7 Å². The van der Waals surface area contributed by atoms with Crippen LogP contribution in [0.3, 0.4) is 0 Å². The molecule has 1 amide bonds. The van der Waals surface area contributed by atoms with E-state index in [1.54, 1.807) is 27.3 Å². The molecule has 5 rings (SSSR count). The average Bonchev–Trinajstić information content (AvgIpc) is 2.94. The van der Waals surface area contributed by atoms with Gasteiger partial charge in [-0.05, 0) is 80.2 Å². The Labute approximate surface area is 255 Å². The molecular formula is C33H39N3O8. The Hall–Kier alpha value is -4.19. The van der Waals surface area contributed by atoms with E-state index in [1.807, 2.05) is 18.2 Å². The number of aromatic hydroxyl groups is 1. The summed E-state index contributed by atoms with van der Waals surface area (Å²) in [7, 11) is 4.69. The van der Waals surface area contributed by atoms with Gasteiger partial charge in [-0.2, -0.15) is 0 Å². The summed E-state index contributed by atoms with van der Waals surface area (Å²) in [6.07, 6.45) is 0.189. The number of fused-ring (bicyclic) bond motifs is 3. The number of carbonyl (C=O) groups is 3. The van der Waals surface area contributed by atoms with Gasteiger partial charge in [-0.15, -0.1) is 0 Å². The summed E-state index contributed by atoms with van der Waals surface area (Å²) in [6.45, 7) is 5.70. The van der Waals surface area contributed by atoms with Gasteiger partial charge in [0.05, 0.1) is 18.7 Å². The van der Waals surface area contributed by atoms with Crippen LogP contribution in [0.1, 0.15) is 37.0 Å². The van der Waals surface area contributed by atoms with Crippen LogP contribution >= 0.6 is 0 Å². The zero-order valence-corrected chi connectivity index (χ0v) is 25.5. The topological polar surface area (TPSA) is 183 Å². The minimum atomic E-state index is -2.68. The highest BCUT2D eigenvalue weighted by Crippen LogP contribution is 2.54. The number of likely N-dealkylation sites (N-methyl/N-ethyl adjacent to an activating group) is 1. The third-order valence-electron chi connectivity index (χ3n) is 9.04. The number of nitrogens with two attached hydrogens (primary N) is 1. The van der Waals surface area contributed by atoms with Crippen LogP contribution < -0.4 is 15.8 Å². The van der Waals surface area contributed by atoms with E-state index in [0.717, 1.165) is 17.7 Å². The van der Waals surface area contributed by atoms with E-state index in [1.165, 1.54) is 11.0 Å². The lowest BCUT2D eigenvalue weighted by atomic mass is 9.57. The number of phenolic OH excluding ortho intramolecular Hbond substituents is 1. The molecule has 11 heteroatoms. The predicted molar refractivity (Wildman–Crippen MR) is 163 cm³/mol. The minimum absolute atomic E-state index is 0.0111. The van der Waals surface area contributed by atoms with Crippen molar-refractivity contribution in [2.24, 2.45) is 23.5 Å². The van der Waals surface area contributed by atoms with Gasteiger partial charge in [0.1, 0.15) is 28.6 Å². The maximum absolute atomic E-state index is 14.1. The molecule has 3 aliphatic rings. The fourth-order valence-corrected chi connectivity index (χ4v) is 7.08. The third-order valence-corrected chi connectivity index (χ3v) is 9.04. The van der Waals surface area contributed by atoms with Crippen LogP contribution in [-0.2, 0) is 27.3 Å². The molecule has 0 aliphatic heterocycles. The molecule has 0 spiro atoms. The number of Topliss-reactive ketones (excluding diaryl/α,β-unsaturated/α-hetero) is 2. The van der Waals surface area contributed by atoms with Gasteiger partial charge in [0.15, 0.2) is 11.4 Å². The van der Waals surface area contributed by atoms with Crippen molar-refractivity contribution in [1.82, 2.24) is 10.2 Å². The second-order valence-corrected chi connectivity index (χ2v) is 12.5. The van der Waals surface area contributed by atoms with Gasteiger partial charge in [0, 0.05) is 23.6 Å². The van der Waals surface area contributed by atoms with Crippen LogP contribution in [0.2, 0.25) is 0 Å². The number of phenols is 1. The number of aliphatic hydroxyl groups is 3. The Balaban J connectivity index is 1.67. The maximum atomic E-state index is 14.1. The Morgan fingerprint density at radius 3 is 2.45 bits per heavy atom. The fraction of sp³-hybridized carbons (Fsp3) is 0.424. The van der Waals surface area contributed by atoms with Crippen molar-refractivity contribution in [3.8, 4) is 22.6 Å². The number of nitrogens with zero attached hydrogens (tertiary/aromatic N) is 1. The molecule has 2 aromatic carbocycles. The van der Waals surface area contributed by atoms with Gasteiger partial charge < -0.3 is 36.2 Å². The van der Waals surface area contributed by atoms with Crippen LogP contribution in [0.5, 0.6) is 11.5 Å². The number of hydrogen-bond acceptors (Lipinski definition) is 10. The van der Waals surface area contributed by atoms with E-state index in [4.69, 9.17) is 10.5 Å². The van der Waals surface area contributed by atoms with Gasteiger partial charge in [0.25, 0.3) is 5.91 Å². The molecule has 2 aromatic rings. The molecule has 11 nitrogen and oxygen atoms in total. The number of primary amides is 1. The molecule has 0 bridgehead atoms. The Bertz CT molecular complexity index is 1620. The van der Waals surface area contributed by atoms with Crippen molar-refractivity contribution < 1.29 is 39.5 Å². The summed E-state index contributed by atoms with van der Waals surface area (Å²) in [5.41, 5.74) is 4.70. The van der Waals surface area contributed by atoms with Crippen molar-refractivity contribution in [3.63, 3.8) is 0 Å². The van der Waals surface area contributed by atoms with Gasteiger partial charge in [-0.25, -0.2) is 0 Å². The normalized spacial score (nSPS) is 24.9. The first-order valence-electron chi connectivity index (χ1n) is 14.6. The van der Waals surface area contributed by atoms with E-state index >= 15 is 0 Å². The van der Waals surface area contributed by atoms with Crippen LogP contribution in [0, 0.1) is 17.8 Å². The number of ether oxygens (including phenoxy) is 1. The van der Waals surface area contributed by atoms with E-state index in [9.17, 15) is 34.8 Å². The molecular weight excluding hydrogens is 566 g/mol. The number of methoxy groups -OCH3 is 1. The van der Waals surface area contributed by atoms with Gasteiger partial charge in [0.2, 0.25) is 5.78 Å². The monoisotopic (exact) mass is 605 g/mol. The molecule has 0 radical (unpaired) electrons. The highest BCUT2D eigenvalue weighted by Gasteiger charge is 2.64. The fourth-order valence-electron chi connectivity index (χ4n) is 7.08. The quantitative estimate of drug-likeness (QED) is 0.244. The largest absolute Gasteiger partial charge is 0.508 e. The van der Waals surface area contributed by atoms with Crippen LogP contribution in [0.25, 0.3) is 16.9 Å². The Morgan fingerprint density at radius 1 is 1.14 bits per heavy atom. The van der Waals surface area contributed by atoms with E-state index in [2.05, 4.69) is 19.2 Å². The van der Waals surface area contributed by atoms with Crippen LogP contribution in [0.15, 0.2) is 47.2 Å². The summed E-state index contributed by atoms with van der Waals surface area (Å²) in [6, 6.07) is 7.80. The summed E-state index contributed by atoms with van der Waals surface area (Å²) < 4.78 is 5.69. The smallest absolute Gasteiger partial charge is 0.255 e. The highest BCUT2D eigenvalue weighted by atomic mass is 16.5. The lowest BCUT2D eigenvalue weighted by molar-refractivity contribution is -0.153. The van der Waals surface area contributed by atoms with Crippen molar-refractivity contribution in [3.05, 3.63) is 63.9 Å². The molecule has 0 saturated heterocycles. The molecule has 1 saturated carbocycles. The molecule has 0 unspecified atom stereocenters. The summed E-state index contributed by atoms with van der Waals surface area (Å²) in [5, 5.41) is 48.8. The first-order valence-corrected chi connectivity index (χ1v) is 14.6. The van der Waals surface area contributed by atoms with Crippen LogP contribution in [0.4, 0.5) is 0 Å². The molecule has 4 atom stereocenters. The van der Waals surface area contributed by atoms with Crippen molar-refractivity contribution >= 4 is 23.2 Å². The third kappa shape index (κ3) is 4.75. The number of rotatable bonds is 8. The van der Waals surface area contributed by atoms with E-state index < -0.39 is 58.0 Å². The highest BCUT2D eigenvalue weighted by molar-refractivity contribution is 6.24. The number of ketones is 2. The Morgan fingerprint density at radius 2 is 1.84 bits per heavy atom. The number of hydrogen-bond donors (Lipinski definition) is 6. The lowest BCUT2D eigenvalue weighted by Gasteiger charge is -2.50. The zero-order chi connectivity index (χ0) is 32.2. The van der Waals surface area contributed by atoms with Gasteiger partial charge >= 0.3 is 0 Å². The molecule has 234 valence electrons. The molecule has 0 aromatic heterocycles. The molecule has 3 aliphatic carbocycles. The molecule has 7 N–H and O–H groups in total. The number of carbonyl (C=O) groups excluding carboxylic acids is 3. The second-order valence-electron chi connectivity index (χ2n) is 12.5. The average molecular weight is 606 g/mol.